The molecule has 1 unspecified atom stereocenters. The number of amides is 1. The van der Waals surface area contributed by atoms with Crippen LogP contribution in [0.5, 0.6) is 0 Å². The number of esters is 1. The third kappa shape index (κ3) is 3.58. The van der Waals surface area contributed by atoms with Gasteiger partial charge in [0.2, 0.25) is 0 Å². The maximum absolute atomic E-state index is 12.5. The number of nitrogens with one attached hydrogen (secondary N) is 1. The van der Waals surface area contributed by atoms with Crippen LogP contribution in [0.15, 0.2) is 12.1 Å². The number of ether oxygens (including phenoxy) is 2. The van der Waals surface area contributed by atoms with E-state index in [1.54, 1.807) is 11.0 Å². The molecule has 7 heteroatoms. The zero-order valence-corrected chi connectivity index (χ0v) is 16.0. The van der Waals surface area contributed by atoms with Crippen LogP contribution in [0.2, 0.25) is 0 Å². The van der Waals surface area contributed by atoms with E-state index >= 15 is 0 Å². The molecule has 26 heavy (non-hydrogen) atoms. The van der Waals surface area contributed by atoms with Gasteiger partial charge in [-0.3, -0.25) is 0 Å². The molecule has 3 atom stereocenters. The minimum atomic E-state index is -0.736. The van der Waals surface area contributed by atoms with Crippen molar-refractivity contribution in [2.75, 3.05) is 13.1 Å². The molecular weight excluding hydrogens is 331 g/mol. The second-order valence-corrected chi connectivity index (χ2v) is 8.07. The Hall–Kier alpha value is -2.02. The highest BCUT2D eigenvalue weighted by atomic mass is 16.6. The van der Waals surface area contributed by atoms with Crippen LogP contribution in [0.1, 0.15) is 66.8 Å². The van der Waals surface area contributed by atoms with E-state index in [9.17, 15) is 9.59 Å². The van der Waals surface area contributed by atoms with Gasteiger partial charge in [0.15, 0.2) is 0 Å². The molecule has 1 aromatic carbocycles. The first-order valence-corrected chi connectivity index (χ1v) is 8.90. The molecule has 0 aliphatic carbocycles. The number of hydrogen-bond acceptors (Lipinski definition) is 5. The van der Waals surface area contributed by atoms with Crippen molar-refractivity contribution in [2.24, 2.45) is 0 Å². The van der Waals surface area contributed by atoms with Crippen molar-refractivity contribution in [1.29, 1.82) is 0 Å². The Labute approximate surface area is 155 Å². The Morgan fingerprint density at radius 1 is 1.35 bits per heavy atom. The second kappa shape index (κ2) is 6.61. The summed E-state index contributed by atoms with van der Waals surface area (Å²) in [6.45, 7) is 10.6. The second-order valence-electron chi connectivity index (χ2n) is 8.07. The Balaban J connectivity index is 1.86. The van der Waals surface area contributed by atoms with Crippen molar-refractivity contribution in [1.82, 2.24) is 10.2 Å². The summed E-state index contributed by atoms with van der Waals surface area (Å²) < 4.78 is 10.6. The first-order valence-electron chi connectivity index (χ1n) is 8.90. The van der Waals surface area contributed by atoms with Gasteiger partial charge in [-0.1, -0.05) is 6.07 Å². The van der Waals surface area contributed by atoms with Gasteiger partial charge < -0.3 is 19.7 Å². The van der Waals surface area contributed by atoms with Gasteiger partial charge in [-0.25, -0.2) is 9.59 Å². The van der Waals surface area contributed by atoms with E-state index in [4.69, 9.17) is 17.3 Å². The summed E-state index contributed by atoms with van der Waals surface area (Å²) in [6, 6.07) is 2.97. The fourth-order valence-electron chi connectivity index (χ4n) is 3.64. The third-order valence-electron chi connectivity index (χ3n) is 4.71. The lowest BCUT2D eigenvalue weighted by atomic mass is 9.84. The summed E-state index contributed by atoms with van der Waals surface area (Å²) >= 11 is 0. The van der Waals surface area contributed by atoms with Crippen LogP contribution in [0.3, 0.4) is 0 Å². The molecule has 1 amide bonds. The molecule has 1 saturated heterocycles. The van der Waals surface area contributed by atoms with Gasteiger partial charge in [0.1, 0.15) is 13.4 Å². The highest BCUT2D eigenvalue weighted by Gasteiger charge is 2.35. The quantitative estimate of drug-likeness (QED) is 0.619. The Bertz CT molecular complexity index is 744. The average molecular weight is 356 g/mol. The van der Waals surface area contributed by atoms with E-state index in [0.717, 1.165) is 16.7 Å². The topological polar surface area (TPSA) is 67.9 Å². The van der Waals surface area contributed by atoms with Gasteiger partial charge in [0, 0.05) is 24.7 Å². The number of nitrogens with zero attached hydrogens (tertiary/aromatic N) is 1. The van der Waals surface area contributed by atoms with E-state index in [0.29, 0.717) is 18.7 Å². The Morgan fingerprint density at radius 2 is 2.04 bits per heavy atom. The van der Waals surface area contributed by atoms with Gasteiger partial charge in [0.25, 0.3) is 0 Å². The van der Waals surface area contributed by atoms with Crippen LogP contribution < -0.4 is 5.32 Å². The molecule has 1 fully saturated rings. The first-order chi connectivity index (χ1) is 12.1. The maximum Gasteiger partial charge on any atom is 0.410 e. The molecular formula is C19H25BN2O4. The molecule has 1 N–H and O–H groups in total. The van der Waals surface area contributed by atoms with Gasteiger partial charge in [-0.05, 0) is 51.8 Å². The van der Waals surface area contributed by atoms with E-state index in [-0.39, 0.29) is 24.1 Å². The molecule has 0 saturated carbocycles. The van der Waals surface area contributed by atoms with Gasteiger partial charge in [-0.2, -0.15) is 0 Å². The summed E-state index contributed by atoms with van der Waals surface area (Å²) in [7, 11) is 5.96. The van der Waals surface area contributed by atoms with Crippen LogP contribution in [0, 0.1) is 6.92 Å². The highest BCUT2D eigenvalue weighted by molar-refractivity contribution is 6.15. The van der Waals surface area contributed by atoms with Crippen LogP contribution in [0.4, 0.5) is 4.79 Å². The zero-order valence-electron chi connectivity index (χ0n) is 16.0. The molecule has 0 spiro atoms. The fraction of sp³-hybridized carbons (Fsp3) is 0.579. The largest absolute Gasteiger partial charge is 0.465 e. The molecule has 2 aliphatic rings. The van der Waals surface area contributed by atoms with Crippen molar-refractivity contribution in [3.63, 3.8) is 0 Å². The monoisotopic (exact) mass is 356 g/mol. The van der Waals surface area contributed by atoms with Crippen molar-refractivity contribution >= 4 is 19.9 Å². The lowest BCUT2D eigenvalue weighted by Gasteiger charge is -2.39. The summed E-state index contributed by atoms with van der Waals surface area (Å²) in [4.78, 5) is 26.1. The lowest BCUT2D eigenvalue weighted by Crippen LogP contribution is -2.54. The molecule has 6 nitrogen and oxygen atoms in total. The zero-order chi connectivity index (χ0) is 19.2. The SMILES string of the molecule is [B]C1OC(=O)c2ccc([C@@H]3CN(C(=O)OC(C)(C)C)C[C@H](C)N3)c(C)c21. The number of carbonyl (C=O) groups is 2. The average Bonchev–Trinajstić information content (AvgIpc) is 2.80. The number of rotatable bonds is 1. The van der Waals surface area contributed by atoms with Crippen LogP contribution in [0.25, 0.3) is 0 Å². The predicted octanol–water partition coefficient (Wildman–Crippen LogP) is 2.60. The number of hydrogen-bond donors (Lipinski definition) is 1. The summed E-state index contributed by atoms with van der Waals surface area (Å²) in [5.74, 6) is -0.387. The minimum absolute atomic E-state index is 0.0699. The number of benzene rings is 1. The normalized spacial score (nSPS) is 25.7. The van der Waals surface area contributed by atoms with E-state index in [2.05, 4.69) is 5.32 Å². The maximum atomic E-state index is 12.5. The van der Waals surface area contributed by atoms with E-state index in [1.807, 2.05) is 40.7 Å². The molecule has 3 rings (SSSR count). The number of fused-ring (bicyclic) bond motifs is 1. The number of cyclic esters (lactones) is 1. The number of piperazine rings is 1. The van der Waals surface area contributed by atoms with Gasteiger partial charge in [-0.15, -0.1) is 0 Å². The molecule has 138 valence electrons. The van der Waals surface area contributed by atoms with Crippen molar-refractivity contribution in [3.05, 3.63) is 34.4 Å². The molecule has 0 bridgehead atoms. The summed E-state index contributed by atoms with van der Waals surface area (Å²) in [5, 5.41) is 3.52. The van der Waals surface area contributed by atoms with E-state index in [1.165, 1.54) is 0 Å². The first kappa shape index (κ1) is 18.8. The van der Waals surface area contributed by atoms with Crippen LogP contribution in [-0.2, 0) is 9.47 Å². The Morgan fingerprint density at radius 3 is 2.69 bits per heavy atom. The van der Waals surface area contributed by atoms with E-state index < -0.39 is 11.6 Å². The Kier molecular flexibility index (Phi) is 4.77. The molecule has 2 radical (unpaired) electrons. The third-order valence-corrected chi connectivity index (χ3v) is 4.71. The smallest absolute Gasteiger partial charge is 0.410 e. The number of carbonyl (C=O) groups excluding carboxylic acids is 2. The summed E-state index contributed by atoms with van der Waals surface area (Å²) in [6.07, 6.45) is -0.315. The van der Waals surface area contributed by atoms with Crippen molar-refractivity contribution < 1.29 is 19.1 Å². The molecule has 2 aliphatic heterocycles. The van der Waals surface area contributed by atoms with Gasteiger partial charge in [0.05, 0.1) is 17.6 Å². The standard InChI is InChI=1S/C19H25BN2O4/c1-10-8-22(18(24)26-19(3,4)5)9-14(21-10)12-6-7-13-15(11(12)2)16(20)25-17(13)23/h6-7,10,14,16,21H,8-9H2,1-5H3/t10-,14-,16?/m0/s1. The highest BCUT2D eigenvalue weighted by Crippen LogP contribution is 2.35. The minimum Gasteiger partial charge on any atom is -0.465 e. The van der Waals surface area contributed by atoms with Crippen LogP contribution in [-0.4, -0.2) is 49.5 Å². The predicted molar refractivity (Wildman–Crippen MR) is 98.2 cm³/mol. The van der Waals surface area contributed by atoms with Crippen LogP contribution >= 0.6 is 0 Å². The summed E-state index contributed by atoms with van der Waals surface area (Å²) in [5.41, 5.74) is 2.66. The van der Waals surface area contributed by atoms with Crippen molar-refractivity contribution in [2.45, 2.75) is 58.3 Å². The van der Waals surface area contributed by atoms with Gasteiger partial charge >= 0.3 is 12.1 Å². The molecule has 2 heterocycles. The fourth-order valence-corrected chi connectivity index (χ4v) is 3.64. The lowest BCUT2D eigenvalue weighted by molar-refractivity contribution is 0.0158. The molecule has 0 aromatic heterocycles. The van der Waals surface area contributed by atoms with Crippen molar-refractivity contribution in [3.8, 4) is 0 Å². The molecule has 1 aromatic rings.